The Bertz CT molecular complexity index is 975. The molecule has 1 amide bonds. The van der Waals surface area contributed by atoms with E-state index >= 15 is 0 Å². The molecular formula is C24H24N4O2. The van der Waals surface area contributed by atoms with Crippen LogP contribution in [0.1, 0.15) is 29.2 Å². The van der Waals surface area contributed by atoms with Crippen LogP contribution in [-0.2, 0) is 11.4 Å². The molecule has 0 radical (unpaired) electrons. The van der Waals surface area contributed by atoms with E-state index in [1.54, 1.807) is 6.21 Å². The van der Waals surface area contributed by atoms with E-state index in [4.69, 9.17) is 4.74 Å². The Labute approximate surface area is 175 Å². The number of amides is 1. The molecule has 1 aliphatic heterocycles. The van der Waals surface area contributed by atoms with Gasteiger partial charge < -0.3 is 4.74 Å². The summed E-state index contributed by atoms with van der Waals surface area (Å²) in [6.45, 7) is 0.525. The normalized spacial score (nSPS) is 18.4. The average Bonchev–Trinajstić information content (AvgIpc) is 3.30. The molecule has 0 saturated carbocycles. The molecule has 3 N–H and O–H groups in total. The van der Waals surface area contributed by atoms with Gasteiger partial charge >= 0.3 is 0 Å². The van der Waals surface area contributed by atoms with E-state index < -0.39 is 0 Å². The molecular weight excluding hydrogens is 376 g/mol. The molecule has 2 unspecified atom stereocenters. The van der Waals surface area contributed by atoms with Crippen molar-refractivity contribution < 1.29 is 9.53 Å². The predicted octanol–water partition coefficient (Wildman–Crippen LogP) is 3.32. The van der Waals surface area contributed by atoms with Gasteiger partial charge in [0.25, 0.3) is 5.91 Å². The van der Waals surface area contributed by atoms with Crippen molar-refractivity contribution in [3.8, 4) is 5.75 Å². The minimum absolute atomic E-state index is 0.106. The molecule has 0 bridgehead atoms. The second-order valence-corrected chi connectivity index (χ2v) is 7.12. The topological polar surface area (TPSA) is 74.8 Å². The second kappa shape index (κ2) is 9.82. The van der Waals surface area contributed by atoms with Crippen molar-refractivity contribution in [3.63, 3.8) is 0 Å². The first-order chi connectivity index (χ1) is 14.8. The first-order valence-electron chi connectivity index (χ1n) is 9.93. The number of hydrogen-bond donors (Lipinski definition) is 3. The molecule has 1 aliphatic rings. The molecule has 0 aromatic heterocycles. The van der Waals surface area contributed by atoms with E-state index in [2.05, 4.69) is 21.4 Å². The third-order valence-corrected chi connectivity index (χ3v) is 4.94. The van der Waals surface area contributed by atoms with Crippen LogP contribution in [0.5, 0.6) is 5.75 Å². The lowest BCUT2D eigenvalue weighted by atomic mass is 10.0. The number of hydrazone groups is 1. The number of hydrogen-bond acceptors (Lipinski definition) is 5. The summed E-state index contributed by atoms with van der Waals surface area (Å²) in [7, 11) is 0. The lowest BCUT2D eigenvalue weighted by molar-refractivity contribution is -0.122. The van der Waals surface area contributed by atoms with Crippen LogP contribution in [0.25, 0.3) is 0 Å². The molecule has 152 valence electrons. The highest BCUT2D eigenvalue weighted by Gasteiger charge is 2.29. The van der Waals surface area contributed by atoms with Crippen molar-refractivity contribution in [2.45, 2.75) is 25.1 Å². The van der Waals surface area contributed by atoms with Gasteiger partial charge in [-0.3, -0.25) is 4.79 Å². The van der Waals surface area contributed by atoms with E-state index in [-0.39, 0.29) is 18.0 Å². The molecule has 4 rings (SSSR count). The molecule has 1 fully saturated rings. The Morgan fingerprint density at radius 2 is 1.67 bits per heavy atom. The van der Waals surface area contributed by atoms with Gasteiger partial charge in [-0.1, -0.05) is 60.7 Å². The number of benzene rings is 3. The Hall–Kier alpha value is -3.48. The number of ether oxygens (including phenoxy) is 1. The van der Waals surface area contributed by atoms with Crippen molar-refractivity contribution in [1.82, 2.24) is 16.3 Å². The van der Waals surface area contributed by atoms with Crippen molar-refractivity contribution in [3.05, 3.63) is 102 Å². The molecule has 1 heterocycles. The van der Waals surface area contributed by atoms with Crippen LogP contribution in [0.2, 0.25) is 0 Å². The molecule has 0 aliphatic carbocycles. The smallest absolute Gasteiger partial charge is 0.258 e. The predicted molar refractivity (Wildman–Crippen MR) is 117 cm³/mol. The largest absolute Gasteiger partial charge is 0.489 e. The summed E-state index contributed by atoms with van der Waals surface area (Å²) in [6.07, 6.45) is 2.29. The van der Waals surface area contributed by atoms with Crippen molar-refractivity contribution >= 4 is 12.1 Å². The number of rotatable bonds is 7. The zero-order chi connectivity index (χ0) is 20.6. The van der Waals surface area contributed by atoms with Gasteiger partial charge in [0.05, 0.1) is 6.21 Å². The number of hydrazine groups is 1. The molecule has 3 aromatic rings. The Morgan fingerprint density at radius 1 is 0.967 bits per heavy atom. The lowest BCUT2D eigenvalue weighted by Gasteiger charge is -2.08. The van der Waals surface area contributed by atoms with Gasteiger partial charge in [0.15, 0.2) is 0 Å². The molecule has 1 saturated heterocycles. The molecule has 30 heavy (non-hydrogen) atoms. The number of nitrogens with zero attached hydrogens (tertiary/aromatic N) is 1. The molecule has 3 aromatic carbocycles. The standard InChI is InChI=1S/C24H24N4O2/c29-24(23-15-22(26-27-23)20-9-5-2-6-10-20)28-25-16-18-11-13-21(14-12-18)30-17-19-7-3-1-4-8-19/h1-14,16,22-23,26-27H,15,17H2,(H,28,29)/b25-16+. The van der Waals surface area contributed by atoms with Gasteiger partial charge in [0.2, 0.25) is 0 Å². The molecule has 6 nitrogen and oxygen atoms in total. The van der Waals surface area contributed by atoms with Gasteiger partial charge in [-0.05, 0) is 47.4 Å². The van der Waals surface area contributed by atoms with Gasteiger partial charge in [0.1, 0.15) is 18.4 Å². The highest BCUT2D eigenvalue weighted by atomic mass is 16.5. The molecule has 2 atom stereocenters. The quantitative estimate of drug-likeness (QED) is 0.420. The van der Waals surface area contributed by atoms with Crippen molar-refractivity contribution in [2.24, 2.45) is 5.10 Å². The van der Waals surface area contributed by atoms with Crippen LogP contribution in [0, 0.1) is 0 Å². The van der Waals surface area contributed by atoms with Gasteiger partial charge in [-0.25, -0.2) is 16.3 Å². The van der Waals surface area contributed by atoms with Gasteiger partial charge in [-0.2, -0.15) is 5.10 Å². The van der Waals surface area contributed by atoms with Crippen LogP contribution in [0.15, 0.2) is 90.0 Å². The number of nitrogens with one attached hydrogen (secondary N) is 3. The van der Waals surface area contributed by atoms with Crippen LogP contribution < -0.4 is 21.0 Å². The maximum absolute atomic E-state index is 12.3. The summed E-state index contributed by atoms with van der Waals surface area (Å²) in [6, 6.07) is 27.4. The fourth-order valence-corrected chi connectivity index (χ4v) is 3.27. The van der Waals surface area contributed by atoms with Crippen LogP contribution in [-0.4, -0.2) is 18.2 Å². The Kier molecular flexibility index (Phi) is 6.49. The minimum atomic E-state index is -0.332. The fraction of sp³-hybridized carbons (Fsp3) is 0.167. The zero-order valence-corrected chi connectivity index (χ0v) is 16.5. The van der Waals surface area contributed by atoms with E-state index in [0.717, 1.165) is 22.4 Å². The summed E-state index contributed by atoms with van der Waals surface area (Å²) in [4.78, 5) is 12.3. The average molecular weight is 400 g/mol. The molecule has 0 spiro atoms. The monoisotopic (exact) mass is 400 g/mol. The third kappa shape index (κ3) is 5.31. The first kappa shape index (κ1) is 19.8. The highest BCUT2D eigenvalue weighted by molar-refractivity contribution is 5.85. The summed E-state index contributed by atoms with van der Waals surface area (Å²) in [5.41, 5.74) is 12.0. The van der Waals surface area contributed by atoms with E-state index in [0.29, 0.717) is 13.0 Å². The SMILES string of the molecule is O=C(N/N=C/c1ccc(OCc2ccccc2)cc1)C1CC(c2ccccc2)NN1. The van der Waals surface area contributed by atoms with Crippen LogP contribution >= 0.6 is 0 Å². The molecule has 6 heteroatoms. The Balaban J connectivity index is 1.23. The lowest BCUT2D eigenvalue weighted by Crippen LogP contribution is -2.41. The van der Waals surface area contributed by atoms with E-state index in [1.165, 1.54) is 0 Å². The second-order valence-electron chi connectivity index (χ2n) is 7.12. The summed E-state index contributed by atoms with van der Waals surface area (Å²) in [5.74, 6) is 0.619. The van der Waals surface area contributed by atoms with Gasteiger partial charge in [0, 0.05) is 6.04 Å². The first-order valence-corrected chi connectivity index (χ1v) is 9.93. The Morgan fingerprint density at radius 3 is 2.40 bits per heavy atom. The summed E-state index contributed by atoms with van der Waals surface area (Å²) >= 11 is 0. The minimum Gasteiger partial charge on any atom is -0.489 e. The number of carbonyl (C=O) groups excluding carboxylic acids is 1. The zero-order valence-electron chi connectivity index (χ0n) is 16.5. The highest BCUT2D eigenvalue weighted by Crippen LogP contribution is 2.21. The van der Waals surface area contributed by atoms with Crippen LogP contribution in [0.4, 0.5) is 0 Å². The third-order valence-electron chi connectivity index (χ3n) is 4.94. The van der Waals surface area contributed by atoms with E-state index in [1.807, 2.05) is 84.9 Å². The van der Waals surface area contributed by atoms with Gasteiger partial charge in [-0.15, -0.1) is 0 Å². The van der Waals surface area contributed by atoms with Crippen molar-refractivity contribution in [1.29, 1.82) is 0 Å². The van der Waals surface area contributed by atoms with Crippen molar-refractivity contribution in [2.75, 3.05) is 0 Å². The fourth-order valence-electron chi connectivity index (χ4n) is 3.27. The van der Waals surface area contributed by atoms with E-state index in [9.17, 15) is 4.79 Å². The maximum Gasteiger partial charge on any atom is 0.258 e. The maximum atomic E-state index is 12.3. The van der Waals surface area contributed by atoms with Crippen LogP contribution in [0.3, 0.4) is 0 Å². The number of carbonyl (C=O) groups is 1. The summed E-state index contributed by atoms with van der Waals surface area (Å²) < 4.78 is 5.77. The summed E-state index contributed by atoms with van der Waals surface area (Å²) in [5, 5.41) is 4.07.